The number of fused-ring (bicyclic) bond motifs is 2. The zero-order valence-electron chi connectivity index (χ0n) is 22.6. The molecule has 0 spiro atoms. The van der Waals surface area contributed by atoms with Crippen LogP contribution in [-0.4, -0.2) is 69.2 Å². The van der Waals surface area contributed by atoms with E-state index < -0.39 is 0 Å². The standard InChI is InChI=1S/C31H29N9O/c1-39-12-14-40(15-13-39)25-7-4-23(5-8-25)35-31(41)28-17-20-2-3-21(18-27(20)36-28)30-32-11-10-29(37-30)34-24-6-9-26-22(16-24)19-33-38-26/h2-11,16-19,36H,12-15H2,1H3,(H,33,38)(H,35,41)(H,32,34,37). The summed E-state index contributed by atoms with van der Waals surface area (Å²) < 4.78 is 0. The summed E-state index contributed by atoms with van der Waals surface area (Å²) in [6.07, 6.45) is 3.52. The summed E-state index contributed by atoms with van der Waals surface area (Å²) in [4.78, 5) is 30.2. The second-order valence-corrected chi connectivity index (χ2v) is 10.3. The Morgan fingerprint density at radius 1 is 0.854 bits per heavy atom. The number of aromatic amines is 2. The molecule has 1 fully saturated rings. The van der Waals surface area contributed by atoms with E-state index in [2.05, 4.69) is 59.8 Å². The maximum Gasteiger partial charge on any atom is 0.272 e. The lowest BCUT2D eigenvalue weighted by Crippen LogP contribution is -2.44. The number of piperazine rings is 1. The summed E-state index contributed by atoms with van der Waals surface area (Å²) in [5.41, 5.74) is 6.00. The number of benzene rings is 3. The highest BCUT2D eigenvalue weighted by atomic mass is 16.1. The van der Waals surface area contributed by atoms with Crippen LogP contribution in [0.25, 0.3) is 33.2 Å². The van der Waals surface area contributed by atoms with Crippen LogP contribution in [-0.2, 0) is 0 Å². The van der Waals surface area contributed by atoms with Crippen molar-refractivity contribution < 1.29 is 4.79 Å². The molecule has 7 rings (SSSR count). The number of carbonyl (C=O) groups is 1. The lowest BCUT2D eigenvalue weighted by atomic mass is 10.1. The van der Waals surface area contributed by atoms with Gasteiger partial charge in [0.2, 0.25) is 0 Å². The summed E-state index contributed by atoms with van der Waals surface area (Å²) >= 11 is 0. The van der Waals surface area contributed by atoms with Crippen LogP contribution < -0.4 is 15.5 Å². The van der Waals surface area contributed by atoms with E-state index in [0.717, 1.165) is 64.9 Å². The van der Waals surface area contributed by atoms with Gasteiger partial charge in [-0.3, -0.25) is 9.89 Å². The van der Waals surface area contributed by atoms with Gasteiger partial charge in [0.15, 0.2) is 5.82 Å². The molecule has 0 atom stereocenters. The highest BCUT2D eigenvalue weighted by Gasteiger charge is 2.15. The molecule has 0 radical (unpaired) electrons. The Morgan fingerprint density at radius 2 is 1.68 bits per heavy atom. The van der Waals surface area contributed by atoms with Crippen LogP contribution in [0.3, 0.4) is 0 Å². The first-order valence-electron chi connectivity index (χ1n) is 13.6. The number of nitrogens with zero attached hydrogens (tertiary/aromatic N) is 5. The number of hydrogen-bond donors (Lipinski definition) is 4. The second kappa shape index (κ2) is 10.4. The monoisotopic (exact) mass is 543 g/mol. The van der Waals surface area contributed by atoms with Gasteiger partial charge in [0.1, 0.15) is 11.5 Å². The molecule has 1 aliphatic heterocycles. The second-order valence-electron chi connectivity index (χ2n) is 10.3. The minimum atomic E-state index is -0.188. The molecule has 4 heterocycles. The molecule has 3 aromatic heterocycles. The Labute approximate surface area is 236 Å². The predicted molar refractivity (Wildman–Crippen MR) is 163 cm³/mol. The summed E-state index contributed by atoms with van der Waals surface area (Å²) in [5.74, 6) is 1.08. The van der Waals surface area contributed by atoms with Crippen molar-refractivity contribution in [1.82, 2.24) is 30.0 Å². The Morgan fingerprint density at radius 3 is 2.54 bits per heavy atom. The maximum absolute atomic E-state index is 13.0. The SMILES string of the molecule is CN1CCN(c2ccc(NC(=O)c3cc4ccc(-c5nccc(Nc6ccc7[nH]ncc7c6)n5)cc4[nH]3)cc2)CC1. The molecular formula is C31H29N9O. The van der Waals surface area contributed by atoms with Crippen molar-refractivity contribution in [3.05, 3.63) is 90.9 Å². The molecule has 1 aliphatic rings. The number of nitrogens with one attached hydrogen (secondary N) is 4. The Balaban J connectivity index is 1.05. The van der Waals surface area contributed by atoms with Gasteiger partial charge in [-0.05, 0) is 67.7 Å². The molecule has 6 aromatic rings. The third kappa shape index (κ3) is 5.20. The molecule has 4 N–H and O–H groups in total. The molecule has 0 unspecified atom stereocenters. The van der Waals surface area contributed by atoms with Crippen LogP contribution in [0, 0.1) is 0 Å². The van der Waals surface area contributed by atoms with Crippen molar-refractivity contribution in [3.8, 4) is 11.4 Å². The Hall–Kier alpha value is -5.22. The highest BCUT2D eigenvalue weighted by molar-refractivity contribution is 6.06. The third-order valence-electron chi connectivity index (χ3n) is 7.49. The predicted octanol–water partition coefficient (Wildman–Crippen LogP) is 5.25. The average Bonchev–Trinajstić information content (AvgIpc) is 3.65. The van der Waals surface area contributed by atoms with Crippen LogP contribution in [0.1, 0.15) is 10.5 Å². The lowest BCUT2D eigenvalue weighted by Gasteiger charge is -2.34. The van der Waals surface area contributed by atoms with Gasteiger partial charge in [-0.2, -0.15) is 5.10 Å². The van der Waals surface area contributed by atoms with Crippen LogP contribution >= 0.6 is 0 Å². The van der Waals surface area contributed by atoms with Gasteiger partial charge in [-0.1, -0.05) is 12.1 Å². The Kier molecular flexibility index (Phi) is 6.29. The van der Waals surface area contributed by atoms with Crippen LogP contribution in [0.5, 0.6) is 0 Å². The minimum absolute atomic E-state index is 0.188. The number of H-pyrrole nitrogens is 2. The first kappa shape index (κ1) is 24.8. The van der Waals surface area contributed by atoms with Gasteiger partial charge >= 0.3 is 0 Å². The largest absolute Gasteiger partial charge is 0.369 e. The molecule has 0 aliphatic carbocycles. The average molecular weight is 544 g/mol. The van der Waals surface area contributed by atoms with Gasteiger partial charge in [0.05, 0.1) is 11.7 Å². The quantitative estimate of drug-likeness (QED) is 0.227. The van der Waals surface area contributed by atoms with Crippen LogP contribution in [0.15, 0.2) is 85.2 Å². The molecule has 41 heavy (non-hydrogen) atoms. The van der Waals surface area contributed by atoms with Crippen molar-refractivity contribution in [3.63, 3.8) is 0 Å². The molecule has 204 valence electrons. The van der Waals surface area contributed by atoms with Gasteiger partial charge < -0.3 is 25.4 Å². The lowest BCUT2D eigenvalue weighted by molar-refractivity contribution is 0.102. The van der Waals surface area contributed by atoms with E-state index in [1.54, 1.807) is 12.4 Å². The number of aromatic nitrogens is 5. The van der Waals surface area contributed by atoms with Crippen molar-refractivity contribution in [1.29, 1.82) is 0 Å². The number of anilines is 4. The molecule has 10 nitrogen and oxygen atoms in total. The molecule has 0 bridgehead atoms. The molecule has 0 saturated carbocycles. The van der Waals surface area contributed by atoms with E-state index in [1.807, 2.05) is 60.7 Å². The van der Waals surface area contributed by atoms with E-state index in [0.29, 0.717) is 17.3 Å². The summed E-state index contributed by atoms with van der Waals surface area (Å²) in [7, 11) is 2.15. The van der Waals surface area contributed by atoms with Crippen LogP contribution in [0.4, 0.5) is 22.9 Å². The smallest absolute Gasteiger partial charge is 0.272 e. The third-order valence-corrected chi connectivity index (χ3v) is 7.49. The van der Waals surface area contributed by atoms with Crippen molar-refractivity contribution in [2.24, 2.45) is 0 Å². The van der Waals surface area contributed by atoms with Gasteiger partial charge in [0.25, 0.3) is 5.91 Å². The summed E-state index contributed by atoms with van der Waals surface area (Å²) in [6.45, 7) is 4.12. The van der Waals surface area contributed by atoms with Crippen molar-refractivity contribution in [2.75, 3.05) is 48.8 Å². The van der Waals surface area contributed by atoms with Gasteiger partial charge in [0, 0.05) is 71.3 Å². The van der Waals surface area contributed by atoms with Crippen molar-refractivity contribution >= 4 is 50.6 Å². The minimum Gasteiger partial charge on any atom is -0.369 e. The number of rotatable bonds is 6. The van der Waals surface area contributed by atoms with E-state index in [9.17, 15) is 4.79 Å². The fourth-order valence-corrected chi connectivity index (χ4v) is 5.14. The number of carbonyl (C=O) groups excluding carboxylic acids is 1. The van der Waals surface area contributed by atoms with Crippen LogP contribution in [0.2, 0.25) is 0 Å². The summed E-state index contributed by atoms with van der Waals surface area (Å²) in [6, 6.07) is 23.6. The van der Waals surface area contributed by atoms with E-state index >= 15 is 0 Å². The molecule has 1 amide bonds. The first-order valence-corrected chi connectivity index (χ1v) is 13.6. The number of hydrogen-bond acceptors (Lipinski definition) is 7. The van der Waals surface area contributed by atoms with Gasteiger partial charge in [-0.25, -0.2) is 9.97 Å². The first-order chi connectivity index (χ1) is 20.1. The zero-order valence-corrected chi connectivity index (χ0v) is 22.6. The molecular weight excluding hydrogens is 514 g/mol. The fraction of sp³-hybridized carbons (Fsp3) is 0.161. The van der Waals surface area contributed by atoms with Crippen molar-refractivity contribution in [2.45, 2.75) is 0 Å². The zero-order chi connectivity index (χ0) is 27.8. The van der Waals surface area contributed by atoms with Gasteiger partial charge in [-0.15, -0.1) is 0 Å². The van der Waals surface area contributed by atoms with E-state index in [4.69, 9.17) is 4.98 Å². The molecule has 1 saturated heterocycles. The fourth-order valence-electron chi connectivity index (χ4n) is 5.14. The number of likely N-dealkylation sites (N-methyl/N-ethyl adjacent to an activating group) is 1. The molecule has 3 aromatic carbocycles. The molecule has 10 heteroatoms. The van der Waals surface area contributed by atoms with E-state index in [-0.39, 0.29) is 5.91 Å². The highest BCUT2D eigenvalue weighted by Crippen LogP contribution is 2.26. The maximum atomic E-state index is 13.0. The topological polar surface area (TPSA) is 118 Å². The summed E-state index contributed by atoms with van der Waals surface area (Å²) in [5, 5.41) is 15.3. The Bertz CT molecular complexity index is 1850. The number of amides is 1. The van der Waals surface area contributed by atoms with E-state index in [1.165, 1.54) is 5.69 Å². The normalized spacial score (nSPS) is 14.0.